The van der Waals surface area contributed by atoms with E-state index >= 15 is 0 Å². The number of carbonyl (C=O) groups is 1. The molecule has 0 fully saturated rings. The summed E-state index contributed by atoms with van der Waals surface area (Å²) in [4.78, 5) is 19.9. The van der Waals surface area contributed by atoms with Gasteiger partial charge in [-0.1, -0.05) is 5.23 Å². The average molecular weight is 255 g/mol. The van der Waals surface area contributed by atoms with E-state index < -0.39 is 37.9 Å². The summed E-state index contributed by atoms with van der Waals surface area (Å²) in [5.74, 6) is -1.25. The molecule has 2 unspecified atom stereocenters. The van der Waals surface area contributed by atoms with Gasteiger partial charge in [0.2, 0.25) is 0 Å². The van der Waals surface area contributed by atoms with Gasteiger partial charge < -0.3 is 25.5 Å². The molecule has 0 spiro atoms. The number of hydroxylamine groups is 2. The van der Waals surface area contributed by atoms with Crippen LogP contribution in [-0.4, -0.2) is 81.9 Å². The van der Waals surface area contributed by atoms with Crippen molar-refractivity contribution in [2.45, 2.75) is 12.2 Å². The van der Waals surface area contributed by atoms with Crippen LogP contribution >= 0.6 is 0 Å². The Kier molecular flexibility index (Phi) is 8.80. The molecule has 0 aliphatic carbocycles. The number of nitrogens with zero attached hydrogens (tertiary/aromatic N) is 1. The Labute approximate surface area is 97.3 Å². The van der Waals surface area contributed by atoms with Crippen LogP contribution < -0.4 is 0 Å². The minimum Gasteiger partial charge on any atom is -0.480 e. The van der Waals surface area contributed by atoms with Crippen LogP contribution in [0.4, 0.5) is 0 Å². The zero-order valence-electron chi connectivity index (χ0n) is 9.10. The fraction of sp³-hybridized carbons (Fsp3) is 0.875. The first-order chi connectivity index (χ1) is 7.99. The van der Waals surface area contributed by atoms with Crippen LogP contribution in [0.3, 0.4) is 0 Å². The molecule has 0 radical (unpaired) electrons. The lowest BCUT2D eigenvalue weighted by Gasteiger charge is -2.21. The van der Waals surface area contributed by atoms with Gasteiger partial charge in [0.25, 0.3) is 0 Å². The lowest BCUT2D eigenvalue weighted by atomic mass is 10.4. The van der Waals surface area contributed by atoms with E-state index in [1.807, 2.05) is 0 Å². The molecule has 0 saturated heterocycles. The van der Waals surface area contributed by atoms with Crippen LogP contribution in [0.5, 0.6) is 0 Å². The van der Waals surface area contributed by atoms with Gasteiger partial charge in [-0.2, -0.15) is 0 Å². The normalized spacial score (nSPS) is 14.9. The maximum Gasteiger partial charge on any atom is 0.322 e. The highest BCUT2D eigenvalue weighted by Crippen LogP contribution is 1.97. The van der Waals surface area contributed by atoms with Gasteiger partial charge in [-0.3, -0.25) is 14.5 Å². The highest BCUT2D eigenvalue weighted by atomic mass is 17.0. The molecule has 0 aromatic rings. The molecule has 9 nitrogen and oxygen atoms in total. The first-order valence-corrected chi connectivity index (χ1v) is 4.82. The topological polar surface area (TPSA) is 140 Å². The van der Waals surface area contributed by atoms with Gasteiger partial charge in [-0.15, -0.1) is 0 Å². The summed E-state index contributed by atoms with van der Waals surface area (Å²) in [7, 11) is 0. The summed E-state index contributed by atoms with van der Waals surface area (Å²) in [6, 6.07) is 0. The largest absolute Gasteiger partial charge is 0.480 e. The first-order valence-electron chi connectivity index (χ1n) is 4.82. The Bertz CT molecular complexity index is 200. The van der Waals surface area contributed by atoms with Crippen molar-refractivity contribution in [3.63, 3.8) is 0 Å². The predicted octanol–water partition coefficient (Wildman–Crippen LogP) is -3.06. The van der Waals surface area contributed by atoms with Gasteiger partial charge in [0.15, 0.2) is 0 Å². The zero-order valence-corrected chi connectivity index (χ0v) is 9.10. The molecule has 2 atom stereocenters. The number of aliphatic hydroxyl groups excluding tert-OH is 4. The maximum atomic E-state index is 10.4. The van der Waals surface area contributed by atoms with Crippen LogP contribution in [-0.2, 0) is 14.5 Å². The number of hydrogen-bond donors (Lipinski definition) is 5. The van der Waals surface area contributed by atoms with E-state index in [1.165, 1.54) is 0 Å². The Balaban J connectivity index is 4.00. The van der Waals surface area contributed by atoms with E-state index in [-0.39, 0.29) is 13.2 Å². The Morgan fingerprint density at radius 1 is 1.06 bits per heavy atom. The summed E-state index contributed by atoms with van der Waals surface area (Å²) in [6.07, 6.45) is -2.34. The molecule has 0 saturated carbocycles. The molecule has 9 heteroatoms. The van der Waals surface area contributed by atoms with Gasteiger partial charge in [-0.05, 0) is 0 Å². The maximum absolute atomic E-state index is 10.4. The van der Waals surface area contributed by atoms with Crippen molar-refractivity contribution in [1.29, 1.82) is 0 Å². The van der Waals surface area contributed by atoms with E-state index in [0.717, 1.165) is 0 Å². The van der Waals surface area contributed by atoms with Gasteiger partial charge >= 0.3 is 5.97 Å². The van der Waals surface area contributed by atoms with Crippen molar-refractivity contribution in [1.82, 2.24) is 5.23 Å². The summed E-state index contributed by atoms with van der Waals surface area (Å²) in [6.45, 7) is -2.45. The monoisotopic (exact) mass is 255 g/mol. The standard InChI is InChI=1S/C8H17NO8/c10-2-6(12)4-16-9(1-8(14)15)17-5-7(13)3-11/h6-7,10-13H,1-5H2,(H,14,15). The summed E-state index contributed by atoms with van der Waals surface area (Å²) >= 11 is 0. The Morgan fingerprint density at radius 2 is 1.47 bits per heavy atom. The first kappa shape index (κ1) is 16.2. The SMILES string of the molecule is O=C(O)CN(OCC(O)CO)OCC(O)CO. The number of hydrogen-bond acceptors (Lipinski definition) is 8. The summed E-state index contributed by atoms with van der Waals surface area (Å²) in [5.41, 5.74) is 0. The van der Waals surface area contributed by atoms with Crippen LogP contribution in [0.25, 0.3) is 0 Å². The molecule has 0 aromatic heterocycles. The highest BCUT2D eigenvalue weighted by molar-refractivity contribution is 5.68. The molecule has 17 heavy (non-hydrogen) atoms. The fourth-order valence-corrected chi connectivity index (χ4v) is 0.683. The smallest absolute Gasteiger partial charge is 0.322 e. The number of aliphatic hydroxyl groups is 4. The third-order valence-corrected chi connectivity index (χ3v) is 1.51. The second kappa shape index (κ2) is 9.24. The third-order valence-electron chi connectivity index (χ3n) is 1.51. The molecular formula is C8H17NO8. The molecule has 0 aliphatic heterocycles. The lowest BCUT2D eigenvalue weighted by Crippen LogP contribution is -2.36. The molecule has 0 heterocycles. The van der Waals surface area contributed by atoms with Crippen LogP contribution in [0.1, 0.15) is 0 Å². The van der Waals surface area contributed by atoms with Gasteiger partial charge in [0.05, 0.1) is 26.4 Å². The quantitative estimate of drug-likeness (QED) is 0.257. The van der Waals surface area contributed by atoms with Crippen molar-refractivity contribution in [3.05, 3.63) is 0 Å². The minimum atomic E-state index is -1.25. The third kappa shape index (κ3) is 8.94. The second-order valence-corrected chi connectivity index (χ2v) is 3.15. The van der Waals surface area contributed by atoms with Crippen LogP contribution in [0, 0.1) is 0 Å². The predicted molar refractivity (Wildman–Crippen MR) is 52.4 cm³/mol. The summed E-state index contributed by atoms with van der Waals surface area (Å²) < 4.78 is 0. The van der Waals surface area contributed by atoms with Gasteiger partial charge in [0, 0.05) is 0 Å². The van der Waals surface area contributed by atoms with Crippen LogP contribution in [0.15, 0.2) is 0 Å². The number of rotatable bonds is 10. The lowest BCUT2D eigenvalue weighted by molar-refractivity contribution is -0.375. The van der Waals surface area contributed by atoms with E-state index in [9.17, 15) is 4.79 Å². The highest BCUT2D eigenvalue weighted by Gasteiger charge is 2.15. The molecule has 0 aliphatic rings. The second-order valence-electron chi connectivity index (χ2n) is 3.15. The molecule has 0 aromatic carbocycles. The van der Waals surface area contributed by atoms with Crippen molar-refractivity contribution in [3.8, 4) is 0 Å². The van der Waals surface area contributed by atoms with Crippen molar-refractivity contribution in [2.75, 3.05) is 33.0 Å². The fourth-order valence-electron chi connectivity index (χ4n) is 0.683. The van der Waals surface area contributed by atoms with Crippen molar-refractivity contribution < 1.29 is 40.0 Å². The molecule has 0 amide bonds. The molecule has 0 bridgehead atoms. The minimum absolute atomic E-state index is 0.362. The molecule has 0 rings (SSSR count). The Morgan fingerprint density at radius 3 is 1.76 bits per heavy atom. The zero-order chi connectivity index (χ0) is 13.3. The van der Waals surface area contributed by atoms with E-state index in [4.69, 9.17) is 35.2 Å². The van der Waals surface area contributed by atoms with E-state index in [0.29, 0.717) is 5.23 Å². The van der Waals surface area contributed by atoms with E-state index in [2.05, 4.69) is 0 Å². The molecule has 102 valence electrons. The summed E-state index contributed by atoms with van der Waals surface area (Å²) in [5, 5.41) is 44.0. The van der Waals surface area contributed by atoms with E-state index in [1.54, 1.807) is 0 Å². The molecular weight excluding hydrogens is 238 g/mol. The number of carboxylic acids is 1. The van der Waals surface area contributed by atoms with Gasteiger partial charge in [-0.25, -0.2) is 0 Å². The number of aliphatic carboxylic acids is 1. The Hall–Kier alpha value is -0.810. The van der Waals surface area contributed by atoms with Crippen LogP contribution in [0.2, 0.25) is 0 Å². The number of carboxylic acid groups (broad SMARTS) is 1. The average Bonchev–Trinajstić information content (AvgIpc) is 2.30. The molecule has 5 N–H and O–H groups in total. The van der Waals surface area contributed by atoms with Crippen molar-refractivity contribution in [2.24, 2.45) is 0 Å². The van der Waals surface area contributed by atoms with Crippen molar-refractivity contribution >= 4 is 5.97 Å². The van der Waals surface area contributed by atoms with Gasteiger partial charge in [0.1, 0.15) is 18.8 Å².